The number of carbonyl (C=O) groups excluding carboxylic acids is 1. The van der Waals surface area contributed by atoms with Gasteiger partial charge in [0.1, 0.15) is 0 Å². The molecule has 0 aliphatic heterocycles. The highest BCUT2D eigenvalue weighted by atomic mass is 19.2. The summed E-state index contributed by atoms with van der Waals surface area (Å²) in [6.45, 7) is 3.12. The molecule has 0 aromatic heterocycles. The summed E-state index contributed by atoms with van der Waals surface area (Å²) in [6.07, 6.45) is 0.635. The Labute approximate surface area is 99.2 Å². The molecule has 0 saturated carbocycles. The van der Waals surface area contributed by atoms with Crippen LogP contribution >= 0.6 is 0 Å². The van der Waals surface area contributed by atoms with E-state index in [0.717, 1.165) is 6.07 Å². The molecule has 1 aromatic carbocycles. The largest absolute Gasteiger partial charge is 0.339 e. The lowest BCUT2D eigenvalue weighted by Crippen LogP contribution is -2.33. The van der Waals surface area contributed by atoms with Crippen LogP contribution in [0.2, 0.25) is 0 Å². The standard InChI is InChI=1S/C12H16F2N2O/c1-2-16(8-4-7-15)12(17)9-5-3-6-10(13)11(9)14/h3,5-6H,2,4,7-8,15H2,1H3. The first-order valence-corrected chi connectivity index (χ1v) is 5.55. The van der Waals surface area contributed by atoms with Crippen molar-refractivity contribution in [2.75, 3.05) is 19.6 Å². The van der Waals surface area contributed by atoms with E-state index in [2.05, 4.69) is 0 Å². The molecule has 1 amide bonds. The molecule has 17 heavy (non-hydrogen) atoms. The topological polar surface area (TPSA) is 46.3 Å². The van der Waals surface area contributed by atoms with Crippen LogP contribution in [0.3, 0.4) is 0 Å². The molecule has 3 nitrogen and oxygen atoms in total. The molecule has 5 heteroatoms. The number of benzene rings is 1. The van der Waals surface area contributed by atoms with E-state index in [1.165, 1.54) is 17.0 Å². The van der Waals surface area contributed by atoms with Crippen LogP contribution in [0.5, 0.6) is 0 Å². The van der Waals surface area contributed by atoms with Crippen LogP contribution in [0.1, 0.15) is 23.7 Å². The van der Waals surface area contributed by atoms with E-state index in [4.69, 9.17) is 5.73 Å². The Morgan fingerprint density at radius 1 is 1.41 bits per heavy atom. The van der Waals surface area contributed by atoms with Gasteiger partial charge in [-0.3, -0.25) is 4.79 Å². The zero-order valence-electron chi connectivity index (χ0n) is 9.75. The van der Waals surface area contributed by atoms with E-state index in [0.29, 0.717) is 26.1 Å². The first-order chi connectivity index (χ1) is 8.11. The monoisotopic (exact) mass is 242 g/mol. The van der Waals surface area contributed by atoms with Crippen molar-refractivity contribution in [1.82, 2.24) is 4.90 Å². The van der Waals surface area contributed by atoms with Crippen molar-refractivity contribution in [3.63, 3.8) is 0 Å². The quantitative estimate of drug-likeness (QED) is 0.855. The molecule has 0 spiro atoms. The molecule has 94 valence electrons. The highest BCUT2D eigenvalue weighted by Gasteiger charge is 2.19. The van der Waals surface area contributed by atoms with Crippen molar-refractivity contribution in [3.8, 4) is 0 Å². The summed E-state index contributed by atoms with van der Waals surface area (Å²) in [5, 5.41) is 0. The van der Waals surface area contributed by atoms with Gasteiger partial charge in [0, 0.05) is 13.1 Å². The highest BCUT2D eigenvalue weighted by molar-refractivity contribution is 5.94. The molecule has 1 rings (SSSR count). The number of rotatable bonds is 5. The van der Waals surface area contributed by atoms with Crippen molar-refractivity contribution < 1.29 is 13.6 Å². The Kier molecular flexibility index (Phi) is 5.03. The number of carbonyl (C=O) groups is 1. The number of hydrogen-bond acceptors (Lipinski definition) is 2. The van der Waals surface area contributed by atoms with Gasteiger partial charge in [0.05, 0.1) is 5.56 Å². The molecule has 0 aliphatic rings. The van der Waals surface area contributed by atoms with E-state index >= 15 is 0 Å². The van der Waals surface area contributed by atoms with Crippen molar-refractivity contribution in [2.45, 2.75) is 13.3 Å². The maximum absolute atomic E-state index is 13.4. The molecule has 0 fully saturated rings. The van der Waals surface area contributed by atoms with Crippen molar-refractivity contribution in [2.24, 2.45) is 5.73 Å². The summed E-state index contributed by atoms with van der Waals surface area (Å²) in [6, 6.07) is 3.59. The summed E-state index contributed by atoms with van der Waals surface area (Å²) in [7, 11) is 0. The fraction of sp³-hybridized carbons (Fsp3) is 0.417. The molecule has 0 bridgehead atoms. The number of halogens is 2. The zero-order chi connectivity index (χ0) is 12.8. The fourth-order valence-corrected chi connectivity index (χ4v) is 1.52. The van der Waals surface area contributed by atoms with Gasteiger partial charge in [-0.2, -0.15) is 0 Å². The third-order valence-electron chi connectivity index (χ3n) is 2.48. The van der Waals surface area contributed by atoms with E-state index in [1.54, 1.807) is 6.92 Å². The summed E-state index contributed by atoms with van der Waals surface area (Å²) in [5.74, 6) is -2.60. The lowest BCUT2D eigenvalue weighted by Gasteiger charge is -2.20. The Balaban J connectivity index is 2.90. The highest BCUT2D eigenvalue weighted by Crippen LogP contribution is 2.13. The Bertz CT molecular complexity index is 396. The van der Waals surface area contributed by atoms with Crippen molar-refractivity contribution in [1.29, 1.82) is 0 Å². The zero-order valence-corrected chi connectivity index (χ0v) is 9.75. The summed E-state index contributed by atoms with van der Waals surface area (Å²) < 4.78 is 26.4. The maximum atomic E-state index is 13.4. The molecule has 0 unspecified atom stereocenters. The third kappa shape index (κ3) is 3.23. The molecular weight excluding hydrogens is 226 g/mol. The fourth-order valence-electron chi connectivity index (χ4n) is 1.52. The first kappa shape index (κ1) is 13.6. The van der Waals surface area contributed by atoms with Gasteiger partial charge >= 0.3 is 0 Å². The average molecular weight is 242 g/mol. The molecule has 0 aliphatic carbocycles. The van der Waals surface area contributed by atoms with E-state index < -0.39 is 17.5 Å². The smallest absolute Gasteiger partial charge is 0.256 e. The van der Waals surface area contributed by atoms with Crippen LogP contribution in [0, 0.1) is 11.6 Å². The van der Waals surface area contributed by atoms with Gasteiger partial charge in [0.2, 0.25) is 0 Å². The molecule has 0 atom stereocenters. The predicted molar refractivity (Wildman–Crippen MR) is 61.6 cm³/mol. The second-order valence-electron chi connectivity index (χ2n) is 3.63. The summed E-state index contributed by atoms with van der Waals surface area (Å²) in [4.78, 5) is 13.4. The van der Waals surface area contributed by atoms with E-state index in [9.17, 15) is 13.6 Å². The Morgan fingerprint density at radius 2 is 2.12 bits per heavy atom. The van der Waals surface area contributed by atoms with Gasteiger partial charge in [-0.15, -0.1) is 0 Å². The molecule has 1 aromatic rings. The molecular formula is C12H16F2N2O. The number of amides is 1. The van der Waals surface area contributed by atoms with Gasteiger partial charge in [0.15, 0.2) is 11.6 Å². The Morgan fingerprint density at radius 3 is 2.71 bits per heavy atom. The average Bonchev–Trinajstić information content (AvgIpc) is 2.33. The number of hydrogen-bond donors (Lipinski definition) is 1. The molecule has 2 N–H and O–H groups in total. The summed E-state index contributed by atoms with van der Waals surface area (Å²) >= 11 is 0. The predicted octanol–water partition coefficient (Wildman–Crippen LogP) is 1.78. The van der Waals surface area contributed by atoms with Gasteiger partial charge < -0.3 is 10.6 Å². The van der Waals surface area contributed by atoms with Crippen LogP contribution in [-0.2, 0) is 0 Å². The third-order valence-corrected chi connectivity index (χ3v) is 2.48. The van der Waals surface area contributed by atoms with Crippen LogP contribution in [-0.4, -0.2) is 30.4 Å². The number of nitrogens with zero attached hydrogens (tertiary/aromatic N) is 1. The molecule has 0 radical (unpaired) electrons. The van der Waals surface area contributed by atoms with Crippen LogP contribution in [0.15, 0.2) is 18.2 Å². The lowest BCUT2D eigenvalue weighted by molar-refractivity contribution is 0.0758. The van der Waals surface area contributed by atoms with Gasteiger partial charge in [0.25, 0.3) is 5.91 Å². The lowest BCUT2D eigenvalue weighted by atomic mass is 10.1. The number of nitrogens with two attached hydrogens (primary N) is 1. The second kappa shape index (κ2) is 6.30. The van der Waals surface area contributed by atoms with Crippen molar-refractivity contribution >= 4 is 5.91 Å². The Hall–Kier alpha value is -1.49. The van der Waals surface area contributed by atoms with Gasteiger partial charge in [-0.05, 0) is 32.0 Å². The molecule has 0 saturated heterocycles. The van der Waals surface area contributed by atoms with Crippen LogP contribution in [0.4, 0.5) is 8.78 Å². The molecule has 0 heterocycles. The van der Waals surface area contributed by atoms with Crippen LogP contribution < -0.4 is 5.73 Å². The minimum atomic E-state index is -1.09. The SMILES string of the molecule is CCN(CCCN)C(=O)c1cccc(F)c1F. The van der Waals surface area contributed by atoms with Crippen LogP contribution in [0.25, 0.3) is 0 Å². The maximum Gasteiger partial charge on any atom is 0.256 e. The summed E-state index contributed by atoms with van der Waals surface area (Å²) in [5.41, 5.74) is 5.12. The van der Waals surface area contributed by atoms with E-state index in [1.807, 2.05) is 0 Å². The van der Waals surface area contributed by atoms with Gasteiger partial charge in [-0.25, -0.2) is 8.78 Å². The second-order valence-corrected chi connectivity index (χ2v) is 3.63. The minimum absolute atomic E-state index is 0.233. The minimum Gasteiger partial charge on any atom is -0.339 e. The van der Waals surface area contributed by atoms with Crippen molar-refractivity contribution in [3.05, 3.63) is 35.4 Å². The van der Waals surface area contributed by atoms with E-state index in [-0.39, 0.29) is 5.56 Å². The normalized spacial score (nSPS) is 10.4. The first-order valence-electron chi connectivity index (χ1n) is 5.55. The van der Waals surface area contributed by atoms with Gasteiger partial charge in [-0.1, -0.05) is 6.07 Å².